The molecule has 1 amide bonds. The first kappa shape index (κ1) is 26.9. The number of fused-ring (bicyclic) bond motifs is 1. The van der Waals surface area contributed by atoms with E-state index < -0.39 is 10.0 Å². The van der Waals surface area contributed by atoms with Crippen LogP contribution < -0.4 is 10.2 Å². The van der Waals surface area contributed by atoms with Crippen LogP contribution in [-0.2, 0) is 21.3 Å². The molecule has 1 N–H and O–H groups in total. The van der Waals surface area contributed by atoms with Crippen molar-refractivity contribution in [3.63, 3.8) is 0 Å². The number of anilines is 1. The summed E-state index contributed by atoms with van der Waals surface area (Å²) in [5.74, 6) is 0.590. The number of amides is 1. The van der Waals surface area contributed by atoms with Gasteiger partial charge < -0.3 is 15.0 Å². The van der Waals surface area contributed by atoms with Crippen molar-refractivity contribution in [3.05, 3.63) is 36.0 Å². The van der Waals surface area contributed by atoms with Crippen LogP contribution >= 0.6 is 11.8 Å². The molecule has 2 aliphatic rings. The zero-order valence-electron chi connectivity index (χ0n) is 21.7. The Morgan fingerprint density at radius 2 is 1.79 bits per heavy atom. The number of benzene rings is 1. The lowest BCUT2D eigenvalue weighted by atomic mass is 10.2. The maximum Gasteiger partial charge on any atom is 0.251 e. The van der Waals surface area contributed by atoms with Crippen LogP contribution in [0.15, 0.2) is 40.5 Å². The lowest BCUT2D eigenvalue weighted by Crippen LogP contribution is -2.37. The number of thioether (sulfide) groups is 1. The zero-order chi connectivity index (χ0) is 26.7. The van der Waals surface area contributed by atoms with Crippen molar-refractivity contribution < 1.29 is 17.9 Å². The van der Waals surface area contributed by atoms with Crippen molar-refractivity contribution >= 4 is 44.5 Å². The average molecular weight is 560 g/mol. The van der Waals surface area contributed by atoms with Gasteiger partial charge in [-0.05, 0) is 37.1 Å². The van der Waals surface area contributed by atoms with Gasteiger partial charge in [0.25, 0.3) is 5.91 Å². The number of ether oxygens (including phenoxy) is 1. The van der Waals surface area contributed by atoms with Crippen LogP contribution in [0.5, 0.6) is 0 Å². The standard InChI is InChI=1S/C25H33N7O4S2/c1-18(2)37-25-28-22(30-13-15-36-16-14-30)21-17-27-32(23(21)29-25)12-9-26-24(33)19-5-7-20(8-6-19)38(34,35)31-10-3-4-11-31/h5-8,17-18H,3-4,9-16H2,1-2H3,(H,26,33). The molecule has 0 bridgehead atoms. The lowest BCUT2D eigenvalue weighted by Gasteiger charge is -2.28. The fourth-order valence-corrected chi connectivity index (χ4v) is 6.81. The topological polar surface area (TPSA) is 123 Å². The third-order valence-corrected chi connectivity index (χ3v) is 9.31. The van der Waals surface area contributed by atoms with Gasteiger partial charge in [-0.15, -0.1) is 0 Å². The van der Waals surface area contributed by atoms with Crippen LogP contribution in [0.3, 0.4) is 0 Å². The molecule has 1 aromatic carbocycles. The lowest BCUT2D eigenvalue weighted by molar-refractivity contribution is 0.0952. The Bertz CT molecular complexity index is 1380. The second-order valence-corrected chi connectivity index (χ2v) is 13.1. The molecule has 38 heavy (non-hydrogen) atoms. The molecular weight excluding hydrogens is 526 g/mol. The molecule has 4 heterocycles. The number of carbonyl (C=O) groups excluding carboxylic acids is 1. The van der Waals surface area contributed by atoms with Crippen LogP contribution in [0.2, 0.25) is 0 Å². The second-order valence-electron chi connectivity index (χ2n) is 9.59. The molecule has 0 atom stereocenters. The minimum atomic E-state index is -3.51. The highest BCUT2D eigenvalue weighted by Gasteiger charge is 2.27. The first-order valence-corrected chi connectivity index (χ1v) is 15.3. The summed E-state index contributed by atoms with van der Waals surface area (Å²) < 4.78 is 34.3. The van der Waals surface area contributed by atoms with Crippen LogP contribution in [0.25, 0.3) is 11.0 Å². The van der Waals surface area contributed by atoms with E-state index in [1.165, 1.54) is 16.4 Å². The van der Waals surface area contributed by atoms with E-state index in [0.29, 0.717) is 55.4 Å². The summed E-state index contributed by atoms with van der Waals surface area (Å²) in [4.78, 5) is 24.8. The minimum absolute atomic E-state index is 0.213. The molecule has 13 heteroatoms. The largest absolute Gasteiger partial charge is 0.378 e. The monoisotopic (exact) mass is 559 g/mol. The summed E-state index contributed by atoms with van der Waals surface area (Å²) in [5, 5.41) is 9.35. The number of morpholine rings is 1. The highest BCUT2D eigenvalue weighted by atomic mass is 32.2. The fraction of sp³-hybridized carbons (Fsp3) is 0.520. The number of sulfonamides is 1. The summed E-state index contributed by atoms with van der Waals surface area (Å²) in [7, 11) is -3.51. The Balaban J connectivity index is 1.27. The second kappa shape index (κ2) is 11.6. The predicted octanol–water partition coefficient (Wildman–Crippen LogP) is 2.38. The molecule has 0 saturated carbocycles. The molecule has 2 aromatic heterocycles. The van der Waals surface area contributed by atoms with Gasteiger partial charge in [0.05, 0.1) is 36.2 Å². The predicted molar refractivity (Wildman–Crippen MR) is 146 cm³/mol. The van der Waals surface area contributed by atoms with E-state index in [2.05, 4.69) is 29.2 Å². The Labute approximate surface area is 227 Å². The van der Waals surface area contributed by atoms with Gasteiger partial charge in [-0.2, -0.15) is 9.40 Å². The third-order valence-electron chi connectivity index (χ3n) is 6.54. The van der Waals surface area contributed by atoms with Gasteiger partial charge in [-0.3, -0.25) is 4.79 Å². The van der Waals surface area contributed by atoms with Crippen molar-refractivity contribution in [2.24, 2.45) is 0 Å². The van der Waals surface area contributed by atoms with Crippen LogP contribution in [0.4, 0.5) is 5.82 Å². The summed E-state index contributed by atoms with van der Waals surface area (Å²) in [5.41, 5.74) is 1.14. The molecule has 2 aliphatic heterocycles. The first-order valence-electron chi connectivity index (χ1n) is 12.9. The molecule has 3 aromatic rings. The Hall–Kier alpha value is -2.74. The Kier molecular flexibility index (Phi) is 8.17. The summed E-state index contributed by atoms with van der Waals surface area (Å²) in [6.07, 6.45) is 3.54. The number of hydrogen-bond donors (Lipinski definition) is 1. The number of nitrogens with one attached hydrogen (secondary N) is 1. The molecule has 0 spiro atoms. The number of rotatable bonds is 9. The average Bonchev–Trinajstić information content (AvgIpc) is 3.60. The highest BCUT2D eigenvalue weighted by Crippen LogP contribution is 2.29. The number of nitrogens with zero attached hydrogens (tertiary/aromatic N) is 6. The molecule has 2 saturated heterocycles. The van der Waals surface area contributed by atoms with Crippen molar-refractivity contribution in [2.75, 3.05) is 50.8 Å². The molecule has 5 rings (SSSR count). The van der Waals surface area contributed by atoms with Crippen molar-refractivity contribution in [2.45, 2.75) is 48.5 Å². The molecular formula is C25H33N7O4S2. The van der Waals surface area contributed by atoms with Crippen molar-refractivity contribution in [1.29, 1.82) is 0 Å². The maximum atomic E-state index is 12.7. The Morgan fingerprint density at radius 1 is 1.08 bits per heavy atom. The molecule has 0 unspecified atom stereocenters. The van der Waals surface area contributed by atoms with Gasteiger partial charge >= 0.3 is 0 Å². The minimum Gasteiger partial charge on any atom is -0.378 e. The van der Waals surface area contributed by atoms with Gasteiger partial charge in [0.1, 0.15) is 5.82 Å². The van der Waals surface area contributed by atoms with E-state index in [9.17, 15) is 13.2 Å². The summed E-state index contributed by atoms with van der Waals surface area (Å²) in [6, 6.07) is 6.11. The van der Waals surface area contributed by atoms with E-state index in [-0.39, 0.29) is 10.8 Å². The van der Waals surface area contributed by atoms with Crippen molar-refractivity contribution in [3.8, 4) is 0 Å². The number of carbonyl (C=O) groups is 1. The number of aromatic nitrogens is 4. The van der Waals surface area contributed by atoms with E-state index in [4.69, 9.17) is 14.7 Å². The van der Waals surface area contributed by atoms with Gasteiger partial charge in [0.2, 0.25) is 10.0 Å². The van der Waals surface area contributed by atoms with Crippen LogP contribution in [0, 0.1) is 0 Å². The summed E-state index contributed by atoms with van der Waals surface area (Å²) >= 11 is 1.60. The molecule has 0 aliphatic carbocycles. The van der Waals surface area contributed by atoms with E-state index in [0.717, 1.165) is 42.8 Å². The van der Waals surface area contributed by atoms with E-state index >= 15 is 0 Å². The van der Waals surface area contributed by atoms with Gasteiger partial charge in [0.15, 0.2) is 10.8 Å². The smallest absolute Gasteiger partial charge is 0.251 e. The van der Waals surface area contributed by atoms with Gasteiger partial charge in [-0.1, -0.05) is 25.6 Å². The molecule has 0 radical (unpaired) electrons. The molecule has 11 nitrogen and oxygen atoms in total. The van der Waals surface area contributed by atoms with Gasteiger partial charge in [-0.25, -0.2) is 23.1 Å². The van der Waals surface area contributed by atoms with Crippen LogP contribution in [0.1, 0.15) is 37.0 Å². The maximum absolute atomic E-state index is 12.7. The molecule has 204 valence electrons. The Morgan fingerprint density at radius 3 is 2.47 bits per heavy atom. The normalized spacial score (nSPS) is 17.0. The number of hydrogen-bond acceptors (Lipinski definition) is 9. The van der Waals surface area contributed by atoms with E-state index in [1.807, 2.05) is 0 Å². The highest BCUT2D eigenvalue weighted by molar-refractivity contribution is 7.99. The zero-order valence-corrected chi connectivity index (χ0v) is 23.3. The third kappa shape index (κ3) is 5.80. The summed E-state index contributed by atoms with van der Waals surface area (Å²) in [6.45, 7) is 8.91. The van der Waals surface area contributed by atoms with Gasteiger partial charge in [0, 0.05) is 43.5 Å². The van der Waals surface area contributed by atoms with Crippen LogP contribution in [-0.4, -0.2) is 89.6 Å². The SMILES string of the molecule is CC(C)Sc1nc(N2CCOCC2)c2cnn(CCNC(=O)c3ccc(S(=O)(=O)N4CCCC4)cc3)c2n1. The molecule has 2 fully saturated rings. The van der Waals surface area contributed by atoms with Crippen molar-refractivity contribution in [1.82, 2.24) is 29.4 Å². The fourth-order valence-electron chi connectivity index (χ4n) is 4.60. The van der Waals surface area contributed by atoms with E-state index in [1.54, 1.807) is 34.8 Å². The first-order chi connectivity index (χ1) is 18.3. The quantitative estimate of drug-likeness (QED) is 0.311.